The van der Waals surface area contributed by atoms with Crippen LogP contribution in [0.1, 0.15) is 64.7 Å². The van der Waals surface area contributed by atoms with E-state index in [0.29, 0.717) is 16.9 Å². The van der Waals surface area contributed by atoms with Gasteiger partial charge < -0.3 is 26.0 Å². The van der Waals surface area contributed by atoms with Gasteiger partial charge in [0.05, 0.1) is 11.3 Å². The van der Waals surface area contributed by atoms with Crippen LogP contribution in [0, 0.1) is 26.7 Å². The zero-order valence-corrected chi connectivity index (χ0v) is 25.2. The molecule has 3 aromatic carbocycles. The summed E-state index contributed by atoms with van der Waals surface area (Å²) in [6.07, 6.45) is 4.49. The first kappa shape index (κ1) is 30.8. The molecule has 0 saturated heterocycles. The number of rotatable bonds is 9. The summed E-state index contributed by atoms with van der Waals surface area (Å²) < 4.78 is 0. The number of nitrogens with zero attached hydrogens (tertiary/aromatic N) is 1. The van der Waals surface area contributed by atoms with Crippen LogP contribution in [-0.2, 0) is 11.3 Å². The lowest BCUT2D eigenvalue weighted by atomic mass is 9.83. The number of urea groups is 1. The van der Waals surface area contributed by atoms with E-state index in [1.165, 1.54) is 0 Å². The van der Waals surface area contributed by atoms with Crippen molar-refractivity contribution in [2.75, 3.05) is 24.7 Å². The Morgan fingerprint density at radius 3 is 2.14 bits per heavy atom. The van der Waals surface area contributed by atoms with E-state index in [2.05, 4.69) is 20.9 Å². The Hall–Kier alpha value is -4.17. The Bertz CT molecular complexity index is 1420. The third-order valence-corrected chi connectivity index (χ3v) is 7.89. The van der Waals surface area contributed by atoms with Gasteiger partial charge in [0.15, 0.2) is 0 Å². The summed E-state index contributed by atoms with van der Waals surface area (Å²) in [5, 5.41) is 18.7. The lowest BCUT2D eigenvalue weighted by molar-refractivity contribution is -0.141. The minimum Gasteiger partial charge on any atom is -0.480 e. The molecular weight excluding hydrogens is 528 g/mol. The van der Waals surface area contributed by atoms with Crippen molar-refractivity contribution in [2.24, 2.45) is 5.92 Å². The van der Waals surface area contributed by atoms with Crippen molar-refractivity contribution in [2.45, 2.75) is 65.5 Å². The molecule has 8 heteroatoms. The SMILES string of the molecule is Cc1cc(C)c(NC(=O)Nc2cccc(-c3ccc(CN(C)C)cc3)c2C(=O)N[C@H](C(=O)O)C2CCCCC2)c(C)c1. The molecule has 8 nitrogen and oxygen atoms in total. The van der Waals surface area contributed by atoms with Crippen molar-refractivity contribution >= 4 is 29.3 Å². The summed E-state index contributed by atoms with van der Waals surface area (Å²) in [6, 6.07) is 15.7. The molecule has 0 radical (unpaired) electrons. The zero-order valence-electron chi connectivity index (χ0n) is 25.2. The van der Waals surface area contributed by atoms with Gasteiger partial charge in [0.1, 0.15) is 6.04 Å². The van der Waals surface area contributed by atoms with Gasteiger partial charge in [0.25, 0.3) is 5.91 Å². The summed E-state index contributed by atoms with van der Waals surface area (Å²) in [5.41, 5.74) is 6.73. The Morgan fingerprint density at radius 1 is 0.905 bits per heavy atom. The van der Waals surface area contributed by atoms with Crippen LogP contribution in [0.3, 0.4) is 0 Å². The number of carboxylic acids is 1. The fraction of sp³-hybridized carbons (Fsp3) is 0.382. The first-order valence-electron chi connectivity index (χ1n) is 14.6. The number of hydrogen-bond acceptors (Lipinski definition) is 4. The molecule has 0 spiro atoms. The number of hydrogen-bond donors (Lipinski definition) is 4. The van der Waals surface area contributed by atoms with Gasteiger partial charge in [-0.1, -0.05) is 73.4 Å². The smallest absolute Gasteiger partial charge is 0.326 e. The molecule has 42 heavy (non-hydrogen) atoms. The van der Waals surface area contributed by atoms with Crippen molar-refractivity contribution in [1.82, 2.24) is 10.2 Å². The Morgan fingerprint density at radius 2 is 1.55 bits per heavy atom. The largest absolute Gasteiger partial charge is 0.480 e. The second-order valence-electron chi connectivity index (χ2n) is 11.7. The number of benzene rings is 3. The third-order valence-electron chi connectivity index (χ3n) is 7.89. The maximum Gasteiger partial charge on any atom is 0.326 e. The first-order chi connectivity index (χ1) is 20.0. The monoisotopic (exact) mass is 570 g/mol. The summed E-state index contributed by atoms with van der Waals surface area (Å²) in [5.74, 6) is -1.71. The maximum atomic E-state index is 14.0. The number of aliphatic carboxylic acids is 1. The van der Waals surface area contributed by atoms with Gasteiger partial charge in [0, 0.05) is 12.2 Å². The molecule has 0 aromatic heterocycles. The molecule has 0 aliphatic heterocycles. The highest BCUT2D eigenvalue weighted by Crippen LogP contribution is 2.32. The number of carboxylic acid groups (broad SMARTS) is 1. The van der Waals surface area contributed by atoms with Gasteiger partial charge in [-0.2, -0.15) is 0 Å². The van der Waals surface area contributed by atoms with Gasteiger partial charge in [-0.3, -0.25) is 4.79 Å². The van der Waals surface area contributed by atoms with Gasteiger partial charge in [-0.15, -0.1) is 0 Å². The molecule has 0 heterocycles. The van der Waals surface area contributed by atoms with Crippen LogP contribution in [0.4, 0.5) is 16.2 Å². The molecular formula is C34H42N4O4. The van der Waals surface area contributed by atoms with E-state index in [4.69, 9.17) is 0 Å². The van der Waals surface area contributed by atoms with E-state index in [9.17, 15) is 19.5 Å². The number of carbonyl (C=O) groups excluding carboxylic acids is 2. The van der Waals surface area contributed by atoms with Crippen LogP contribution in [-0.4, -0.2) is 48.1 Å². The molecule has 4 rings (SSSR count). The Labute approximate surface area is 248 Å². The van der Waals surface area contributed by atoms with Crippen LogP contribution in [0.15, 0.2) is 54.6 Å². The predicted molar refractivity (Wildman–Crippen MR) is 168 cm³/mol. The fourth-order valence-electron chi connectivity index (χ4n) is 6.00. The molecule has 3 aromatic rings. The van der Waals surface area contributed by atoms with Crippen LogP contribution < -0.4 is 16.0 Å². The summed E-state index contributed by atoms with van der Waals surface area (Å²) in [4.78, 5) is 41.6. The Kier molecular flexibility index (Phi) is 10.0. The lowest BCUT2D eigenvalue weighted by Gasteiger charge is -2.28. The number of aryl methyl sites for hydroxylation is 3. The zero-order chi connectivity index (χ0) is 30.4. The maximum absolute atomic E-state index is 14.0. The first-order valence-corrected chi connectivity index (χ1v) is 14.6. The van der Waals surface area contributed by atoms with Crippen molar-refractivity contribution < 1.29 is 19.5 Å². The number of anilines is 2. The molecule has 1 saturated carbocycles. The standard InChI is InChI=1S/C34H42N4O4/c1-21-18-22(2)30(23(3)19-21)37-34(42)35-28-13-9-12-27(25-16-14-24(15-17-25)20-38(4)5)29(28)32(39)36-31(33(40)41)26-10-7-6-8-11-26/h9,12-19,26,31H,6-8,10-11,20H2,1-5H3,(H,36,39)(H,40,41)(H2,35,37,42)/t31-/m0/s1. The molecule has 1 aliphatic rings. The van der Waals surface area contributed by atoms with Crippen molar-refractivity contribution in [3.8, 4) is 11.1 Å². The van der Waals surface area contributed by atoms with Crippen LogP contribution >= 0.6 is 0 Å². The molecule has 3 amide bonds. The van der Waals surface area contributed by atoms with E-state index >= 15 is 0 Å². The van der Waals surface area contributed by atoms with E-state index in [1.807, 2.05) is 77.3 Å². The average Bonchev–Trinajstić information content (AvgIpc) is 2.94. The molecule has 4 N–H and O–H groups in total. The molecule has 0 unspecified atom stereocenters. The van der Waals surface area contributed by atoms with E-state index < -0.39 is 23.9 Å². The predicted octanol–water partition coefficient (Wildman–Crippen LogP) is 6.75. The van der Waals surface area contributed by atoms with E-state index in [-0.39, 0.29) is 11.5 Å². The van der Waals surface area contributed by atoms with Crippen LogP contribution in [0.5, 0.6) is 0 Å². The minimum atomic E-state index is -1.04. The number of carbonyl (C=O) groups is 3. The minimum absolute atomic E-state index is 0.134. The molecule has 0 bridgehead atoms. The fourth-order valence-corrected chi connectivity index (χ4v) is 6.00. The van der Waals surface area contributed by atoms with Crippen LogP contribution in [0.2, 0.25) is 0 Å². The summed E-state index contributed by atoms with van der Waals surface area (Å²) in [6.45, 7) is 6.65. The lowest BCUT2D eigenvalue weighted by Crippen LogP contribution is -2.46. The summed E-state index contributed by atoms with van der Waals surface area (Å²) >= 11 is 0. The van der Waals surface area contributed by atoms with Crippen LogP contribution in [0.25, 0.3) is 11.1 Å². The van der Waals surface area contributed by atoms with Crippen molar-refractivity contribution in [1.29, 1.82) is 0 Å². The highest BCUT2D eigenvalue weighted by molar-refractivity contribution is 6.11. The molecule has 1 fully saturated rings. The van der Waals surface area contributed by atoms with E-state index in [1.54, 1.807) is 12.1 Å². The average molecular weight is 571 g/mol. The number of amides is 3. The van der Waals surface area contributed by atoms with E-state index in [0.717, 1.165) is 66.5 Å². The summed E-state index contributed by atoms with van der Waals surface area (Å²) in [7, 11) is 4.00. The normalized spacial score (nSPS) is 14.3. The van der Waals surface area contributed by atoms with Crippen molar-refractivity contribution in [3.05, 3.63) is 82.4 Å². The van der Waals surface area contributed by atoms with Gasteiger partial charge in [-0.05, 0) is 87.5 Å². The molecule has 1 aliphatic carbocycles. The highest BCUT2D eigenvalue weighted by Gasteiger charge is 2.32. The third kappa shape index (κ3) is 7.56. The second kappa shape index (κ2) is 13.7. The highest BCUT2D eigenvalue weighted by atomic mass is 16.4. The topological polar surface area (TPSA) is 111 Å². The van der Waals surface area contributed by atoms with Gasteiger partial charge >= 0.3 is 12.0 Å². The quantitative estimate of drug-likeness (QED) is 0.228. The Balaban J connectivity index is 1.70. The van der Waals surface area contributed by atoms with Gasteiger partial charge in [-0.25, -0.2) is 9.59 Å². The van der Waals surface area contributed by atoms with Gasteiger partial charge in [0.2, 0.25) is 0 Å². The van der Waals surface area contributed by atoms with Crippen molar-refractivity contribution in [3.63, 3.8) is 0 Å². The second-order valence-corrected chi connectivity index (χ2v) is 11.7. The molecule has 1 atom stereocenters. The molecule has 222 valence electrons. The number of nitrogens with one attached hydrogen (secondary N) is 3.